The number of hydrogen-bond acceptors (Lipinski definition) is 2. The summed E-state index contributed by atoms with van der Waals surface area (Å²) < 4.78 is 0. The van der Waals surface area contributed by atoms with Crippen LogP contribution >= 0.6 is 0 Å². The van der Waals surface area contributed by atoms with Gasteiger partial charge >= 0.3 is 0 Å². The van der Waals surface area contributed by atoms with Crippen molar-refractivity contribution in [2.45, 2.75) is 6.42 Å². The second kappa shape index (κ2) is 6.38. The Balaban J connectivity index is 3.17. The Hall–Kier alpha value is -0.340. The monoisotopic (exact) mass is 156 g/mol. The first-order chi connectivity index (χ1) is 5.13. The highest BCUT2D eigenvalue weighted by Gasteiger charge is 1.85. The van der Waals surface area contributed by atoms with Gasteiger partial charge in [-0.2, -0.15) is 0 Å². The van der Waals surface area contributed by atoms with Crippen LogP contribution in [0.15, 0.2) is 12.2 Å². The molecule has 0 amide bonds. The van der Waals surface area contributed by atoms with Gasteiger partial charge in [0.1, 0.15) is 0 Å². The smallest absolute Gasteiger partial charge is 0.0157 e. The van der Waals surface area contributed by atoms with E-state index in [1.54, 1.807) is 0 Å². The molecule has 0 radical (unpaired) electrons. The lowest BCUT2D eigenvalue weighted by atomic mass is 10.3. The molecule has 11 heavy (non-hydrogen) atoms. The minimum absolute atomic E-state index is 1.05. The Morgan fingerprint density at radius 1 is 0.909 bits per heavy atom. The van der Waals surface area contributed by atoms with Crippen molar-refractivity contribution in [3.05, 3.63) is 12.2 Å². The zero-order valence-electron chi connectivity index (χ0n) is 8.17. The van der Waals surface area contributed by atoms with E-state index in [-0.39, 0.29) is 0 Å². The van der Waals surface area contributed by atoms with E-state index in [1.807, 2.05) is 0 Å². The topological polar surface area (TPSA) is 6.48 Å². The van der Waals surface area contributed by atoms with Gasteiger partial charge in [-0.1, -0.05) is 12.2 Å². The van der Waals surface area contributed by atoms with Gasteiger partial charge in [0.25, 0.3) is 0 Å². The zero-order chi connectivity index (χ0) is 8.69. The molecule has 0 aliphatic carbocycles. The first-order valence-corrected chi connectivity index (χ1v) is 4.07. The molecule has 2 nitrogen and oxygen atoms in total. The third-order valence-corrected chi connectivity index (χ3v) is 1.38. The van der Waals surface area contributed by atoms with E-state index >= 15 is 0 Å². The number of likely N-dealkylation sites (N-methyl/N-ethyl adjacent to an activating group) is 1. The van der Waals surface area contributed by atoms with E-state index in [1.165, 1.54) is 0 Å². The largest absolute Gasteiger partial charge is 0.309 e. The number of rotatable bonds is 5. The van der Waals surface area contributed by atoms with Crippen LogP contribution in [0, 0.1) is 0 Å². The molecule has 0 aliphatic heterocycles. The van der Waals surface area contributed by atoms with Crippen LogP contribution in [-0.4, -0.2) is 51.1 Å². The molecule has 0 bridgehead atoms. The number of nitrogens with zero attached hydrogens (tertiary/aromatic N) is 2. The quantitative estimate of drug-likeness (QED) is 0.549. The molecule has 0 aromatic carbocycles. The van der Waals surface area contributed by atoms with Gasteiger partial charge < -0.3 is 9.80 Å². The minimum atomic E-state index is 1.05. The average Bonchev–Trinajstić information content (AvgIpc) is 1.85. The minimum Gasteiger partial charge on any atom is -0.309 e. The summed E-state index contributed by atoms with van der Waals surface area (Å²) in [6.45, 7) is 2.19. The average molecular weight is 156 g/mol. The lowest BCUT2D eigenvalue weighted by Crippen LogP contribution is -2.12. The maximum atomic E-state index is 2.24. The van der Waals surface area contributed by atoms with Crippen molar-refractivity contribution in [3.8, 4) is 0 Å². The fourth-order valence-corrected chi connectivity index (χ4v) is 0.736. The first kappa shape index (κ1) is 10.7. The fourth-order valence-electron chi connectivity index (χ4n) is 0.736. The molecule has 0 saturated carbocycles. The molecule has 0 unspecified atom stereocenters. The highest BCUT2D eigenvalue weighted by molar-refractivity contribution is 4.83. The Morgan fingerprint density at radius 2 is 1.55 bits per heavy atom. The summed E-state index contributed by atoms with van der Waals surface area (Å²) in [7, 11) is 8.35. The Kier molecular flexibility index (Phi) is 6.18. The van der Waals surface area contributed by atoms with E-state index in [0.717, 1.165) is 19.5 Å². The van der Waals surface area contributed by atoms with Crippen LogP contribution in [0.2, 0.25) is 0 Å². The van der Waals surface area contributed by atoms with Gasteiger partial charge in [0.05, 0.1) is 0 Å². The predicted molar refractivity (Wildman–Crippen MR) is 50.9 cm³/mol. The molecule has 0 rings (SSSR count). The summed E-state index contributed by atoms with van der Waals surface area (Å²) in [6, 6.07) is 0. The third kappa shape index (κ3) is 9.66. The maximum Gasteiger partial charge on any atom is 0.0157 e. The molecule has 0 aliphatic rings. The van der Waals surface area contributed by atoms with E-state index < -0.39 is 0 Å². The summed E-state index contributed by atoms with van der Waals surface area (Å²) in [5, 5.41) is 0. The van der Waals surface area contributed by atoms with Crippen LogP contribution in [0.5, 0.6) is 0 Å². The Bertz CT molecular complexity index is 106. The first-order valence-electron chi connectivity index (χ1n) is 4.07. The zero-order valence-corrected chi connectivity index (χ0v) is 8.17. The summed E-state index contributed by atoms with van der Waals surface area (Å²) in [4.78, 5) is 4.35. The molecular weight excluding hydrogens is 136 g/mol. The van der Waals surface area contributed by atoms with Crippen molar-refractivity contribution < 1.29 is 0 Å². The lowest BCUT2D eigenvalue weighted by Gasteiger charge is -2.06. The summed E-state index contributed by atoms with van der Waals surface area (Å²) in [6.07, 6.45) is 5.60. The fraction of sp³-hybridized carbons (Fsp3) is 0.778. The van der Waals surface area contributed by atoms with Crippen LogP contribution in [0.1, 0.15) is 6.42 Å². The van der Waals surface area contributed by atoms with Crippen molar-refractivity contribution in [2.24, 2.45) is 0 Å². The standard InChI is InChI=1S/C9H20N2/c1-10(2)8-6-5-7-9-11(3)4/h5-6H,7-9H2,1-4H3/b6-5-. The van der Waals surface area contributed by atoms with Gasteiger partial charge in [-0.3, -0.25) is 0 Å². The highest BCUT2D eigenvalue weighted by Crippen LogP contribution is 1.86. The lowest BCUT2D eigenvalue weighted by molar-refractivity contribution is 0.416. The van der Waals surface area contributed by atoms with Crippen LogP contribution in [0.3, 0.4) is 0 Å². The second-order valence-electron chi connectivity index (χ2n) is 3.33. The molecule has 0 aromatic rings. The third-order valence-electron chi connectivity index (χ3n) is 1.38. The highest BCUT2D eigenvalue weighted by atomic mass is 15.0. The van der Waals surface area contributed by atoms with E-state index in [2.05, 4.69) is 50.1 Å². The molecule has 0 heterocycles. The molecule has 0 N–H and O–H groups in total. The molecule has 0 aromatic heterocycles. The van der Waals surface area contributed by atoms with Crippen molar-refractivity contribution in [3.63, 3.8) is 0 Å². The molecule has 0 atom stereocenters. The van der Waals surface area contributed by atoms with Crippen LogP contribution in [0.4, 0.5) is 0 Å². The van der Waals surface area contributed by atoms with Gasteiger partial charge in [0, 0.05) is 13.1 Å². The van der Waals surface area contributed by atoms with E-state index in [0.29, 0.717) is 0 Å². The molecule has 0 fully saturated rings. The Morgan fingerprint density at radius 3 is 2.00 bits per heavy atom. The van der Waals surface area contributed by atoms with Gasteiger partial charge in [-0.05, 0) is 34.6 Å². The van der Waals surface area contributed by atoms with Crippen molar-refractivity contribution in [2.75, 3.05) is 41.3 Å². The SMILES string of the molecule is CN(C)C/C=C\CCN(C)C. The second-order valence-corrected chi connectivity index (χ2v) is 3.33. The predicted octanol–water partition coefficient (Wildman–Crippen LogP) is 1.06. The van der Waals surface area contributed by atoms with Gasteiger partial charge in [-0.25, -0.2) is 0 Å². The van der Waals surface area contributed by atoms with Crippen LogP contribution in [-0.2, 0) is 0 Å². The van der Waals surface area contributed by atoms with E-state index in [4.69, 9.17) is 0 Å². The van der Waals surface area contributed by atoms with Crippen molar-refractivity contribution in [1.82, 2.24) is 9.80 Å². The van der Waals surface area contributed by atoms with Crippen LogP contribution in [0.25, 0.3) is 0 Å². The molecule has 0 saturated heterocycles. The summed E-state index contributed by atoms with van der Waals surface area (Å²) in [5.41, 5.74) is 0. The Labute approximate surface area is 70.5 Å². The number of hydrogen-bond donors (Lipinski definition) is 0. The van der Waals surface area contributed by atoms with Crippen LogP contribution < -0.4 is 0 Å². The molecule has 0 spiro atoms. The van der Waals surface area contributed by atoms with Crippen molar-refractivity contribution in [1.29, 1.82) is 0 Å². The van der Waals surface area contributed by atoms with Gasteiger partial charge in [-0.15, -0.1) is 0 Å². The summed E-state index contributed by atoms with van der Waals surface area (Å²) in [5.74, 6) is 0. The van der Waals surface area contributed by atoms with Crippen molar-refractivity contribution >= 4 is 0 Å². The molecular formula is C9H20N2. The summed E-state index contributed by atoms with van der Waals surface area (Å²) >= 11 is 0. The van der Waals surface area contributed by atoms with E-state index in [9.17, 15) is 0 Å². The maximum absolute atomic E-state index is 2.24. The molecule has 2 heteroatoms. The van der Waals surface area contributed by atoms with Gasteiger partial charge in [0.15, 0.2) is 0 Å². The normalized spacial score (nSPS) is 12.2. The van der Waals surface area contributed by atoms with Gasteiger partial charge in [0.2, 0.25) is 0 Å². The molecule has 66 valence electrons.